The summed E-state index contributed by atoms with van der Waals surface area (Å²) in [7, 11) is 0. The van der Waals surface area contributed by atoms with Crippen LogP contribution in [0.25, 0.3) is 0 Å². The van der Waals surface area contributed by atoms with Crippen molar-refractivity contribution in [2.45, 2.75) is 64.6 Å². The number of hydrogen-bond donors (Lipinski definition) is 1. The van der Waals surface area contributed by atoms with Crippen LogP contribution in [-0.2, 0) is 14.3 Å². The van der Waals surface area contributed by atoms with Crippen molar-refractivity contribution in [2.24, 2.45) is 0 Å². The topological polar surface area (TPSA) is 47.6 Å². The minimum Gasteiger partial charge on any atom is -0.463 e. The van der Waals surface area contributed by atoms with Crippen LogP contribution < -0.4 is 5.32 Å². The fraction of sp³-hybridized carbons (Fsp3) is 0.929. The van der Waals surface area contributed by atoms with Crippen molar-refractivity contribution < 1.29 is 14.3 Å². The Morgan fingerprint density at radius 1 is 1.44 bits per heavy atom. The predicted molar refractivity (Wildman–Crippen MR) is 71.5 cm³/mol. The molecule has 0 aromatic rings. The molecule has 2 unspecified atom stereocenters. The fourth-order valence-corrected chi connectivity index (χ4v) is 2.13. The number of carbonyl (C=O) groups excluding carboxylic acids is 1. The summed E-state index contributed by atoms with van der Waals surface area (Å²) in [6.07, 6.45) is 6.23. The highest BCUT2D eigenvalue weighted by Gasteiger charge is 2.19. The van der Waals surface area contributed by atoms with Gasteiger partial charge >= 0.3 is 5.97 Å². The molecule has 1 aliphatic rings. The standard InChI is InChI=1S/C14H27NO3/c1-3-4-5-6-7-12(2)18-14(16)10-13-11-15-8-9-17-13/h12-13,15H,3-11H2,1-2H3. The summed E-state index contributed by atoms with van der Waals surface area (Å²) in [5.41, 5.74) is 0. The van der Waals surface area contributed by atoms with Crippen LogP contribution in [0.5, 0.6) is 0 Å². The van der Waals surface area contributed by atoms with Gasteiger partial charge in [0.25, 0.3) is 0 Å². The summed E-state index contributed by atoms with van der Waals surface area (Å²) in [5.74, 6) is -0.133. The monoisotopic (exact) mass is 257 g/mol. The smallest absolute Gasteiger partial charge is 0.308 e. The first-order chi connectivity index (χ1) is 8.72. The first-order valence-electron chi connectivity index (χ1n) is 7.24. The molecule has 1 rings (SSSR count). The van der Waals surface area contributed by atoms with Gasteiger partial charge in [-0.1, -0.05) is 26.2 Å². The molecule has 1 saturated heterocycles. The van der Waals surface area contributed by atoms with Crippen molar-refractivity contribution in [2.75, 3.05) is 19.7 Å². The fourth-order valence-electron chi connectivity index (χ4n) is 2.13. The normalized spacial score (nSPS) is 21.6. The molecular formula is C14H27NO3. The number of morpholine rings is 1. The van der Waals surface area contributed by atoms with E-state index >= 15 is 0 Å². The molecule has 4 nitrogen and oxygen atoms in total. The van der Waals surface area contributed by atoms with Gasteiger partial charge < -0.3 is 14.8 Å². The summed E-state index contributed by atoms with van der Waals surface area (Å²) in [6, 6.07) is 0. The molecule has 1 N–H and O–H groups in total. The Morgan fingerprint density at radius 3 is 2.94 bits per heavy atom. The van der Waals surface area contributed by atoms with Gasteiger partial charge in [0.2, 0.25) is 0 Å². The summed E-state index contributed by atoms with van der Waals surface area (Å²) < 4.78 is 10.9. The quantitative estimate of drug-likeness (QED) is 0.535. The van der Waals surface area contributed by atoms with Crippen molar-refractivity contribution >= 4 is 5.97 Å². The number of hydrogen-bond acceptors (Lipinski definition) is 4. The Morgan fingerprint density at radius 2 is 2.28 bits per heavy atom. The molecule has 0 aromatic carbocycles. The summed E-state index contributed by atoms with van der Waals surface area (Å²) >= 11 is 0. The molecule has 0 spiro atoms. The molecule has 0 bridgehead atoms. The maximum absolute atomic E-state index is 11.7. The van der Waals surface area contributed by atoms with Crippen LogP contribution >= 0.6 is 0 Å². The lowest BCUT2D eigenvalue weighted by molar-refractivity contribution is -0.152. The minimum atomic E-state index is -0.133. The Hall–Kier alpha value is -0.610. The van der Waals surface area contributed by atoms with Crippen LogP contribution in [-0.4, -0.2) is 37.9 Å². The second-order valence-electron chi connectivity index (χ2n) is 5.05. The van der Waals surface area contributed by atoms with Gasteiger partial charge in [-0.3, -0.25) is 4.79 Å². The van der Waals surface area contributed by atoms with Gasteiger partial charge in [-0.25, -0.2) is 0 Å². The number of nitrogens with one attached hydrogen (secondary N) is 1. The van der Waals surface area contributed by atoms with Crippen molar-refractivity contribution in [1.29, 1.82) is 0 Å². The first kappa shape index (κ1) is 15.4. The lowest BCUT2D eigenvalue weighted by Crippen LogP contribution is -2.40. The minimum absolute atomic E-state index is 0.0152. The number of ether oxygens (including phenoxy) is 2. The van der Waals surface area contributed by atoms with Crippen LogP contribution in [0.15, 0.2) is 0 Å². The van der Waals surface area contributed by atoms with Gasteiger partial charge in [-0.15, -0.1) is 0 Å². The van der Waals surface area contributed by atoms with Gasteiger partial charge in [0.05, 0.1) is 25.2 Å². The van der Waals surface area contributed by atoms with Crippen LogP contribution in [0.3, 0.4) is 0 Å². The maximum Gasteiger partial charge on any atom is 0.308 e. The average molecular weight is 257 g/mol. The van der Waals surface area contributed by atoms with Crippen LogP contribution in [0.1, 0.15) is 52.4 Å². The number of unbranched alkanes of at least 4 members (excludes halogenated alkanes) is 3. The lowest BCUT2D eigenvalue weighted by atomic mass is 10.1. The summed E-state index contributed by atoms with van der Waals surface area (Å²) in [5, 5.41) is 3.21. The third-order valence-electron chi connectivity index (χ3n) is 3.20. The SMILES string of the molecule is CCCCCCC(C)OC(=O)CC1CNCCO1. The Labute approximate surface area is 110 Å². The van der Waals surface area contributed by atoms with E-state index in [0.29, 0.717) is 13.0 Å². The zero-order chi connectivity index (χ0) is 13.2. The van der Waals surface area contributed by atoms with Gasteiger partial charge in [0.1, 0.15) is 0 Å². The Bertz CT molecular complexity index is 227. The van der Waals surface area contributed by atoms with Crippen molar-refractivity contribution in [3.05, 3.63) is 0 Å². The van der Waals surface area contributed by atoms with E-state index in [1.807, 2.05) is 6.92 Å². The molecule has 1 heterocycles. The van der Waals surface area contributed by atoms with E-state index in [-0.39, 0.29) is 18.2 Å². The third-order valence-corrected chi connectivity index (χ3v) is 3.20. The molecule has 0 saturated carbocycles. The predicted octanol–water partition coefficient (Wildman–Crippen LogP) is 2.27. The van der Waals surface area contributed by atoms with Crippen molar-refractivity contribution in [1.82, 2.24) is 5.32 Å². The molecule has 0 amide bonds. The molecule has 0 aromatic heterocycles. The second kappa shape index (κ2) is 9.34. The molecule has 0 radical (unpaired) electrons. The molecule has 18 heavy (non-hydrogen) atoms. The van der Waals surface area contributed by atoms with Crippen LogP contribution in [0, 0.1) is 0 Å². The zero-order valence-electron chi connectivity index (χ0n) is 11.7. The molecule has 1 fully saturated rings. The van der Waals surface area contributed by atoms with Gasteiger partial charge in [0, 0.05) is 13.1 Å². The summed E-state index contributed by atoms with van der Waals surface area (Å²) in [6.45, 7) is 6.48. The highest BCUT2D eigenvalue weighted by Crippen LogP contribution is 2.10. The molecular weight excluding hydrogens is 230 g/mol. The highest BCUT2D eigenvalue weighted by molar-refractivity contribution is 5.70. The zero-order valence-corrected chi connectivity index (χ0v) is 11.7. The van der Waals surface area contributed by atoms with E-state index in [1.165, 1.54) is 19.3 Å². The third kappa shape index (κ3) is 6.97. The van der Waals surface area contributed by atoms with Crippen LogP contribution in [0.4, 0.5) is 0 Å². The lowest BCUT2D eigenvalue weighted by Gasteiger charge is -2.23. The highest BCUT2D eigenvalue weighted by atomic mass is 16.5. The number of carbonyl (C=O) groups is 1. The van der Waals surface area contributed by atoms with E-state index < -0.39 is 0 Å². The maximum atomic E-state index is 11.7. The molecule has 0 aliphatic carbocycles. The van der Waals surface area contributed by atoms with Crippen molar-refractivity contribution in [3.8, 4) is 0 Å². The molecule has 106 valence electrons. The number of esters is 1. The second-order valence-corrected chi connectivity index (χ2v) is 5.05. The van der Waals surface area contributed by atoms with E-state index in [0.717, 1.165) is 25.9 Å². The molecule has 1 aliphatic heterocycles. The van der Waals surface area contributed by atoms with E-state index in [1.54, 1.807) is 0 Å². The number of rotatable bonds is 8. The first-order valence-corrected chi connectivity index (χ1v) is 7.24. The van der Waals surface area contributed by atoms with E-state index in [2.05, 4.69) is 12.2 Å². The Balaban J connectivity index is 2.06. The van der Waals surface area contributed by atoms with Gasteiger partial charge in [-0.2, -0.15) is 0 Å². The average Bonchev–Trinajstić information content (AvgIpc) is 2.35. The Kier molecular flexibility index (Phi) is 8.01. The molecule has 2 atom stereocenters. The van der Waals surface area contributed by atoms with Crippen LogP contribution in [0.2, 0.25) is 0 Å². The van der Waals surface area contributed by atoms with Gasteiger partial charge in [0.15, 0.2) is 0 Å². The van der Waals surface area contributed by atoms with E-state index in [4.69, 9.17) is 9.47 Å². The van der Waals surface area contributed by atoms with Gasteiger partial charge in [-0.05, 0) is 19.8 Å². The van der Waals surface area contributed by atoms with Crippen molar-refractivity contribution in [3.63, 3.8) is 0 Å². The molecule has 4 heteroatoms. The summed E-state index contributed by atoms with van der Waals surface area (Å²) in [4.78, 5) is 11.7. The largest absolute Gasteiger partial charge is 0.463 e. The van der Waals surface area contributed by atoms with E-state index in [9.17, 15) is 4.79 Å².